The van der Waals surface area contributed by atoms with E-state index in [0.717, 1.165) is 11.3 Å². The van der Waals surface area contributed by atoms with Crippen LogP contribution in [0.5, 0.6) is 0 Å². The van der Waals surface area contributed by atoms with Crippen LogP contribution >= 0.6 is 0 Å². The van der Waals surface area contributed by atoms with Gasteiger partial charge in [0, 0.05) is 13.1 Å². The van der Waals surface area contributed by atoms with E-state index in [2.05, 4.69) is 5.10 Å². The molecule has 19 heavy (non-hydrogen) atoms. The second-order valence-corrected chi connectivity index (χ2v) is 4.23. The van der Waals surface area contributed by atoms with Crippen LogP contribution in [-0.2, 0) is 0 Å². The minimum Gasteiger partial charge on any atom is -0.453 e. The van der Waals surface area contributed by atoms with Crippen LogP contribution in [0.2, 0.25) is 0 Å². The second kappa shape index (κ2) is 4.57. The van der Waals surface area contributed by atoms with Gasteiger partial charge in [0.1, 0.15) is 5.76 Å². The molecule has 3 aromatic rings. The Morgan fingerprint density at radius 2 is 1.95 bits per heavy atom. The minimum absolute atomic E-state index is 0.0818. The Bertz CT molecular complexity index is 711. The minimum atomic E-state index is -0.0818. The number of aromatic nitrogens is 2. The molecule has 0 saturated carbocycles. The van der Waals surface area contributed by atoms with E-state index in [1.54, 1.807) is 23.0 Å². The first-order valence-electron chi connectivity index (χ1n) is 5.95. The summed E-state index contributed by atoms with van der Waals surface area (Å²) in [6.07, 6.45) is 3.59. The summed E-state index contributed by atoms with van der Waals surface area (Å²) >= 11 is 0. The zero-order chi connectivity index (χ0) is 13.2. The van der Waals surface area contributed by atoms with Gasteiger partial charge < -0.3 is 4.42 Å². The van der Waals surface area contributed by atoms with E-state index in [0.29, 0.717) is 11.5 Å². The van der Waals surface area contributed by atoms with Crippen LogP contribution in [0, 0.1) is 0 Å². The number of ketones is 1. The lowest BCUT2D eigenvalue weighted by Gasteiger charge is -1.98. The first-order chi connectivity index (χ1) is 9.24. The summed E-state index contributed by atoms with van der Waals surface area (Å²) < 4.78 is 7.25. The van der Waals surface area contributed by atoms with Crippen LogP contribution in [0.3, 0.4) is 0 Å². The third-order valence-corrected chi connectivity index (χ3v) is 2.84. The zero-order valence-electron chi connectivity index (χ0n) is 10.4. The number of benzene rings is 1. The molecule has 94 valence electrons. The molecule has 0 N–H and O–H groups in total. The Kier molecular flexibility index (Phi) is 2.76. The highest BCUT2D eigenvalue weighted by Crippen LogP contribution is 2.22. The fourth-order valence-corrected chi connectivity index (χ4v) is 1.85. The van der Waals surface area contributed by atoms with E-state index in [-0.39, 0.29) is 5.78 Å². The summed E-state index contributed by atoms with van der Waals surface area (Å²) in [5, 5.41) is 4.29. The molecule has 3 rings (SSSR count). The van der Waals surface area contributed by atoms with E-state index in [1.165, 1.54) is 6.92 Å². The van der Waals surface area contributed by atoms with Crippen LogP contribution in [-0.4, -0.2) is 15.6 Å². The molecular formula is C15H12N2O2. The van der Waals surface area contributed by atoms with Crippen LogP contribution < -0.4 is 0 Å². The van der Waals surface area contributed by atoms with E-state index in [4.69, 9.17) is 4.42 Å². The fraction of sp³-hybridized carbons (Fsp3) is 0.0667. The van der Waals surface area contributed by atoms with Gasteiger partial charge in [-0.3, -0.25) is 4.79 Å². The van der Waals surface area contributed by atoms with Gasteiger partial charge >= 0.3 is 0 Å². The molecular weight excluding hydrogens is 240 g/mol. The van der Waals surface area contributed by atoms with Gasteiger partial charge in [0.15, 0.2) is 11.5 Å². The third-order valence-electron chi connectivity index (χ3n) is 2.84. The normalized spacial score (nSPS) is 10.6. The molecule has 2 aromatic heterocycles. The van der Waals surface area contributed by atoms with Gasteiger partial charge in [0.25, 0.3) is 0 Å². The van der Waals surface area contributed by atoms with Crippen molar-refractivity contribution in [1.29, 1.82) is 0 Å². The molecule has 0 fully saturated rings. The average molecular weight is 252 g/mol. The lowest BCUT2D eigenvalue weighted by Crippen LogP contribution is -1.92. The molecule has 0 saturated heterocycles. The summed E-state index contributed by atoms with van der Waals surface area (Å²) in [4.78, 5) is 11.2. The number of carbonyl (C=O) groups is 1. The zero-order valence-corrected chi connectivity index (χ0v) is 10.4. The third kappa shape index (κ3) is 2.20. The predicted octanol–water partition coefficient (Wildman–Crippen LogP) is 3.33. The average Bonchev–Trinajstić information content (AvgIpc) is 3.09. The lowest BCUT2D eigenvalue weighted by atomic mass is 10.3. The number of rotatable bonds is 3. The Morgan fingerprint density at radius 3 is 2.63 bits per heavy atom. The lowest BCUT2D eigenvalue weighted by molar-refractivity contribution is 0.0988. The van der Waals surface area contributed by atoms with Crippen molar-refractivity contribution < 1.29 is 9.21 Å². The highest BCUT2D eigenvalue weighted by atomic mass is 16.3. The van der Waals surface area contributed by atoms with Crippen LogP contribution in [0.4, 0.5) is 0 Å². The maximum Gasteiger partial charge on any atom is 0.194 e. The largest absolute Gasteiger partial charge is 0.453 e. The molecule has 0 amide bonds. The predicted molar refractivity (Wildman–Crippen MR) is 71.3 cm³/mol. The smallest absolute Gasteiger partial charge is 0.194 e. The highest BCUT2D eigenvalue weighted by Gasteiger charge is 2.10. The Labute approximate surface area is 110 Å². The molecule has 1 aromatic carbocycles. The molecule has 0 radical (unpaired) electrons. The molecule has 0 spiro atoms. The van der Waals surface area contributed by atoms with Crippen molar-refractivity contribution in [2.75, 3.05) is 0 Å². The molecule has 0 unspecified atom stereocenters. The molecule has 0 aliphatic rings. The topological polar surface area (TPSA) is 48.0 Å². The molecule has 0 aliphatic carbocycles. The van der Waals surface area contributed by atoms with E-state index >= 15 is 0 Å². The van der Waals surface area contributed by atoms with Crippen molar-refractivity contribution in [3.05, 3.63) is 60.6 Å². The molecule has 2 heterocycles. The van der Waals surface area contributed by atoms with Crippen molar-refractivity contribution in [3.63, 3.8) is 0 Å². The van der Waals surface area contributed by atoms with Gasteiger partial charge in [0.2, 0.25) is 0 Å². The summed E-state index contributed by atoms with van der Waals surface area (Å²) in [7, 11) is 0. The Balaban J connectivity index is 1.94. The summed E-state index contributed by atoms with van der Waals surface area (Å²) in [5.74, 6) is 0.927. The number of furan rings is 1. The van der Waals surface area contributed by atoms with Gasteiger partial charge in [-0.1, -0.05) is 18.2 Å². The summed E-state index contributed by atoms with van der Waals surface area (Å²) in [5.41, 5.74) is 1.82. The van der Waals surface area contributed by atoms with Gasteiger partial charge in [-0.2, -0.15) is 5.10 Å². The van der Waals surface area contributed by atoms with Crippen LogP contribution in [0.1, 0.15) is 17.5 Å². The fourth-order valence-electron chi connectivity index (χ4n) is 1.85. The molecule has 0 bridgehead atoms. The van der Waals surface area contributed by atoms with Gasteiger partial charge in [0.05, 0.1) is 17.4 Å². The van der Waals surface area contributed by atoms with Crippen molar-refractivity contribution in [2.24, 2.45) is 0 Å². The van der Waals surface area contributed by atoms with Gasteiger partial charge in [-0.05, 0) is 24.3 Å². The SMILES string of the molecule is CC(=O)c1ccc(-c2cnn(-c3ccccc3)c2)o1. The van der Waals surface area contributed by atoms with Crippen molar-refractivity contribution in [2.45, 2.75) is 6.92 Å². The number of hydrogen-bond acceptors (Lipinski definition) is 3. The molecule has 0 atom stereocenters. The Hall–Kier alpha value is -2.62. The van der Waals surface area contributed by atoms with Crippen molar-refractivity contribution in [1.82, 2.24) is 9.78 Å². The standard InChI is InChI=1S/C15H12N2O2/c1-11(18)14-7-8-15(19-14)12-9-16-17(10-12)13-5-3-2-4-6-13/h2-10H,1H3. The van der Waals surface area contributed by atoms with Crippen LogP contribution in [0.15, 0.2) is 59.3 Å². The van der Waals surface area contributed by atoms with Gasteiger partial charge in [-0.25, -0.2) is 4.68 Å². The van der Waals surface area contributed by atoms with E-state index in [9.17, 15) is 4.79 Å². The van der Waals surface area contributed by atoms with Crippen molar-refractivity contribution >= 4 is 5.78 Å². The number of para-hydroxylation sites is 1. The summed E-state index contributed by atoms with van der Waals surface area (Å²) in [6.45, 7) is 1.48. The number of carbonyl (C=O) groups excluding carboxylic acids is 1. The first kappa shape index (κ1) is 11.5. The maximum absolute atomic E-state index is 11.2. The van der Waals surface area contributed by atoms with Crippen LogP contribution in [0.25, 0.3) is 17.0 Å². The van der Waals surface area contributed by atoms with E-state index < -0.39 is 0 Å². The molecule has 4 heteroatoms. The Morgan fingerprint density at radius 1 is 1.16 bits per heavy atom. The first-order valence-corrected chi connectivity index (χ1v) is 5.95. The number of nitrogens with zero attached hydrogens (tertiary/aromatic N) is 2. The molecule has 4 nitrogen and oxygen atoms in total. The summed E-state index contributed by atoms with van der Waals surface area (Å²) in [6, 6.07) is 13.3. The molecule has 0 aliphatic heterocycles. The maximum atomic E-state index is 11.2. The second-order valence-electron chi connectivity index (χ2n) is 4.23. The monoisotopic (exact) mass is 252 g/mol. The van der Waals surface area contributed by atoms with Gasteiger partial charge in [-0.15, -0.1) is 0 Å². The number of hydrogen-bond donors (Lipinski definition) is 0. The van der Waals surface area contributed by atoms with E-state index in [1.807, 2.05) is 36.5 Å². The highest BCUT2D eigenvalue weighted by molar-refractivity contribution is 5.91. The number of Topliss-reactive ketones (excluding diaryl/α,β-unsaturated/α-hetero) is 1. The van der Waals surface area contributed by atoms with Crippen molar-refractivity contribution in [3.8, 4) is 17.0 Å². The quantitative estimate of drug-likeness (QED) is 0.672.